The van der Waals surface area contributed by atoms with Crippen molar-refractivity contribution in [3.63, 3.8) is 0 Å². The minimum Gasteiger partial charge on any atom is -0.364 e. The predicted molar refractivity (Wildman–Crippen MR) is 95.2 cm³/mol. The standard InChI is InChI=1S/C18H20N6/c1-13(2)15-5-7-16(8-6-15)22-18-23-17(12-21-24-18)20-11-14-4-3-9-19-10-14/h3-10,12-13H,11H2,1-2H3,(H2,20,22,23,24). The van der Waals surface area contributed by atoms with E-state index in [0.29, 0.717) is 24.2 Å². The van der Waals surface area contributed by atoms with Crippen molar-refractivity contribution < 1.29 is 0 Å². The van der Waals surface area contributed by atoms with Crippen LogP contribution < -0.4 is 10.6 Å². The SMILES string of the molecule is CC(C)c1ccc(Nc2nncc(NCc3cccnc3)n2)cc1. The molecule has 0 aliphatic heterocycles. The van der Waals surface area contributed by atoms with Crippen molar-refractivity contribution in [3.05, 3.63) is 66.1 Å². The highest BCUT2D eigenvalue weighted by Gasteiger charge is 2.03. The molecule has 122 valence electrons. The number of rotatable bonds is 6. The highest BCUT2D eigenvalue weighted by Crippen LogP contribution is 2.19. The summed E-state index contributed by atoms with van der Waals surface area (Å²) in [6.07, 6.45) is 5.17. The Labute approximate surface area is 141 Å². The first-order valence-electron chi connectivity index (χ1n) is 7.90. The van der Waals surface area contributed by atoms with Crippen LogP contribution in [0.3, 0.4) is 0 Å². The van der Waals surface area contributed by atoms with Crippen LogP contribution in [0.5, 0.6) is 0 Å². The number of nitrogens with zero attached hydrogens (tertiary/aromatic N) is 4. The van der Waals surface area contributed by atoms with E-state index in [0.717, 1.165) is 11.3 Å². The molecule has 1 aromatic carbocycles. The molecule has 6 heteroatoms. The van der Waals surface area contributed by atoms with E-state index in [9.17, 15) is 0 Å². The number of hydrogen-bond acceptors (Lipinski definition) is 6. The van der Waals surface area contributed by atoms with Gasteiger partial charge in [-0.2, -0.15) is 10.1 Å². The van der Waals surface area contributed by atoms with Crippen LogP contribution in [-0.2, 0) is 6.54 Å². The fourth-order valence-electron chi connectivity index (χ4n) is 2.22. The maximum Gasteiger partial charge on any atom is 0.249 e. The zero-order valence-electron chi connectivity index (χ0n) is 13.8. The quantitative estimate of drug-likeness (QED) is 0.720. The van der Waals surface area contributed by atoms with Gasteiger partial charge in [0.05, 0.1) is 6.20 Å². The summed E-state index contributed by atoms with van der Waals surface area (Å²) in [5.41, 5.74) is 3.31. The van der Waals surface area contributed by atoms with Crippen molar-refractivity contribution in [1.29, 1.82) is 0 Å². The summed E-state index contributed by atoms with van der Waals surface area (Å²) in [6.45, 7) is 4.98. The molecule has 0 saturated carbocycles. The van der Waals surface area contributed by atoms with Gasteiger partial charge in [-0.3, -0.25) is 4.98 Å². The second-order valence-corrected chi connectivity index (χ2v) is 5.78. The lowest BCUT2D eigenvalue weighted by atomic mass is 10.0. The number of nitrogens with one attached hydrogen (secondary N) is 2. The van der Waals surface area contributed by atoms with E-state index < -0.39 is 0 Å². The van der Waals surface area contributed by atoms with Crippen LogP contribution in [0, 0.1) is 0 Å². The molecule has 0 unspecified atom stereocenters. The van der Waals surface area contributed by atoms with Gasteiger partial charge in [0.25, 0.3) is 0 Å². The van der Waals surface area contributed by atoms with E-state index >= 15 is 0 Å². The van der Waals surface area contributed by atoms with Gasteiger partial charge in [-0.15, -0.1) is 5.10 Å². The maximum absolute atomic E-state index is 4.42. The molecule has 24 heavy (non-hydrogen) atoms. The van der Waals surface area contributed by atoms with Crippen molar-refractivity contribution in [1.82, 2.24) is 20.2 Å². The molecule has 0 radical (unpaired) electrons. The fourth-order valence-corrected chi connectivity index (χ4v) is 2.22. The molecule has 0 amide bonds. The van der Waals surface area contributed by atoms with Gasteiger partial charge in [-0.1, -0.05) is 32.0 Å². The van der Waals surface area contributed by atoms with Crippen LogP contribution in [-0.4, -0.2) is 20.2 Å². The van der Waals surface area contributed by atoms with Gasteiger partial charge >= 0.3 is 0 Å². The van der Waals surface area contributed by atoms with Gasteiger partial charge in [-0.05, 0) is 35.2 Å². The molecule has 0 aliphatic rings. The molecule has 0 aliphatic carbocycles. The zero-order chi connectivity index (χ0) is 16.8. The highest BCUT2D eigenvalue weighted by molar-refractivity contribution is 5.54. The molecule has 2 aromatic heterocycles. The Bertz CT molecular complexity index is 771. The first kappa shape index (κ1) is 15.9. The second-order valence-electron chi connectivity index (χ2n) is 5.78. The summed E-state index contributed by atoms with van der Waals surface area (Å²) in [6, 6.07) is 12.2. The van der Waals surface area contributed by atoms with Gasteiger partial charge in [0.15, 0.2) is 5.82 Å². The summed E-state index contributed by atoms with van der Waals surface area (Å²) >= 11 is 0. The number of benzene rings is 1. The van der Waals surface area contributed by atoms with Crippen LogP contribution in [0.15, 0.2) is 55.0 Å². The average Bonchev–Trinajstić information content (AvgIpc) is 2.62. The van der Waals surface area contributed by atoms with Crippen LogP contribution in [0.1, 0.15) is 30.9 Å². The summed E-state index contributed by atoms with van der Waals surface area (Å²) in [7, 11) is 0. The van der Waals surface area contributed by atoms with E-state index in [2.05, 4.69) is 56.8 Å². The van der Waals surface area contributed by atoms with Gasteiger partial charge in [0, 0.05) is 24.6 Å². The molecule has 3 rings (SSSR count). The Balaban J connectivity index is 1.64. The molecule has 0 bridgehead atoms. The molecule has 2 N–H and O–H groups in total. The van der Waals surface area contributed by atoms with Gasteiger partial charge in [0.1, 0.15) is 0 Å². The largest absolute Gasteiger partial charge is 0.364 e. The average molecular weight is 320 g/mol. The first-order valence-corrected chi connectivity index (χ1v) is 7.90. The van der Waals surface area contributed by atoms with Crippen LogP contribution in [0.25, 0.3) is 0 Å². The monoisotopic (exact) mass is 320 g/mol. The van der Waals surface area contributed by atoms with Crippen LogP contribution >= 0.6 is 0 Å². The predicted octanol–water partition coefficient (Wildman–Crippen LogP) is 3.75. The molecule has 2 heterocycles. The van der Waals surface area contributed by atoms with Crippen LogP contribution in [0.4, 0.5) is 17.5 Å². The molecule has 3 aromatic rings. The Kier molecular flexibility index (Phi) is 4.96. The van der Waals surface area contributed by atoms with Gasteiger partial charge < -0.3 is 10.6 Å². The molecule has 0 saturated heterocycles. The van der Waals surface area contributed by atoms with Gasteiger partial charge in [0.2, 0.25) is 5.95 Å². The lowest BCUT2D eigenvalue weighted by molar-refractivity contribution is 0.867. The topological polar surface area (TPSA) is 75.6 Å². The van der Waals surface area contributed by atoms with E-state index in [4.69, 9.17) is 0 Å². The molecule has 0 atom stereocenters. The minimum atomic E-state index is 0.462. The Morgan fingerprint density at radius 1 is 1.04 bits per heavy atom. The first-order chi connectivity index (χ1) is 11.7. The number of anilines is 3. The Hall–Kier alpha value is -3.02. The van der Waals surface area contributed by atoms with Crippen molar-refractivity contribution in [2.75, 3.05) is 10.6 Å². The third-order valence-electron chi connectivity index (χ3n) is 3.59. The molecule has 0 spiro atoms. The van der Waals surface area contributed by atoms with Gasteiger partial charge in [-0.25, -0.2) is 0 Å². The van der Waals surface area contributed by atoms with Crippen molar-refractivity contribution in [2.45, 2.75) is 26.3 Å². The summed E-state index contributed by atoms with van der Waals surface area (Å²) in [5.74, 6) is 1.63. The normalized spacial score (nSPS) is 10.6. The minimum absolute atomic E-state index is 0.462. The van der Waals surface area contributed by atoms with Crippen molar-refractivity contribution in [3.8, 4) is 0 Å². The third kappa shape index (κ3) is 4.25. The highest BCUT2D eigenvalue weighted by atomic mass is 15.3. The van der Waals surface area contributed by atoms with E-state index in [-0.39, 0.29) is 0 Å². The smallest absolute Gasteiger partial charge is 0.249 e. The maximum atomic E-state index is 4.42. The lowest BCUT2D eigenvalue weighted by Crippen LogP contribution is -2.05. The molecule has 6 nitrogen and oxygen atoms in total. The second kappa shape index (κ2) is 7.50. The molecular weight excluding hydrogens is 300 g/mol. The number of aromatic nitrogens is 4. The van der Waals surface area contributed by atoms with E-state index in [1.807, 2.05) is 30.5 Å². The molecule has 0 fully saturated rings. The number of hydrogen-bond donors (Lipinski definition) is 2. The van der Waals surface area contributed by atoms with Crippen molar-refractivity contribution in [2.24, 2.45) is 0 Å². The Morgan fingerprint density at radius 3 is 2.58 bits per heavy atom. The van der Waals surface area contributed by atoms with Crippen molar-refractivity contribution >= 4 is 17.5 Å². The van der Waals surface area contributed by atoms with Crippen LogP contribution in [0.2, 0.25) is 0 Å². The zero-order valence-corrected chi connectivity index (χ0v) is 13.8. The molecular formula is C18H20N6. The summed E-state index contributed by atoms with van der Waals surface area (Å²) in [4.78, 5) is 8.51. The summed E-state index contributed by atoms with van der Waals surface area (Å²) < 4.78 is 0. The fraction of sp³-hybridized carbons (Fsp3) is 0.222. The van der Waals surface area contributed by atoms with E-state index in [1.165, 1.54) is 5.56 Å². The summed E-state index contributed by atoms with van der Waals surface area (Å²) in [5, 5.41) is 14.4. The Morgan fingerprint density at radius 2 is 1.88 bits per heavy atom. The lowest BCUT2D eigenvalue weighted by Gasteiger charge is -2.09. The van der Waals surface area contributed by atoms with E-state index in [1.54, 1.807) is 12.4 Å². The third-order valence-corrected chi connectivity index (χ3v) is 3.59. The number of pyridine rings is 1.